The van der Waals surface area contributed by atoms with Gasteiger partial charge in [-0.15, -0.1) is 0 Å². The van der Waals surface area contributed by atoms with E-state index in [0.29, 0.717) is 12.1 Å². The molecule has 2 N–H and O–H groups in total. The monoisotopic (exact) mass is 321 g/mol. The Morgan fingerprint density at radius 2 is 1.57 bits per heavy atom. The molecule has 0 saturated carbocycles. The normalized spacial score (nSPS) is 11.2. The molecule has 0 fully saturated rings. The molecule has 0 atom stereocenters. The first-order valence-electron chi connectivity index (χ1n) is 6.34. The zero-order valence-corrected chi connectivity index (χ0v) is 11.5. The maximum atomic E-state index is 13.4. The van der Waals surface area contributed by atoms with Crippen molar-refractivity contribution in [3.63, 3.8) is 0 Å². The van der Waals surface area contributed by atoms with Crippen LogP contribution in [0.1, 0.15) is 5.56 Å². The van der Waals surface area contributed by atoms with Crippen molar-refractivity contribution in [3.8, 4) is 0 Å². The van der Waals surface area contributed by atoms with Crippen molar-refractivity contribution in [3.05, 3.63) is 71.6 Å². The molecular formula is C16H10F3NO3. The summed E-state index contributed by atoms with van der Waals surface area (Å²) in [6.45, 7) is 0. The van der Waals surface area contributed by atoms with Crippen molar-refractivity contribution in [2.75, 3.05) is 5.32 Å². The van der Waals surface area contributed by atoms with Gasteiger partial charge in [0.2, 0.25) is 5.78 Å². The Kier molecular flexibility index (Phi) is 4.80. The van der Waals surface area contributed by atoms with E-state index in [-0.39, 0.29) is 11.3 Å². The third kappa shape index (κ3) is 4.19. The minimum absolute atomic E-state index is 0.125. The largest absolute Gasteiger partial charge is 0.507 e. The van der Waals surface area contributed by atoms with Gasteiger partial charge in [-0.1, -0.05) is 0 Å². The van der Waals surface area contributed by atoms with Gasteiger partial charge in [0, 0.05) is 17.7 Å². The Morgan fingerprint density at radius 1 is 0.957 bits per heavy atom. The first-order valence-corrected chi connectivity index (χ1v) is 6.34. The van der Waals surface area contributed by atoms with Crippen LogP contribution in [0.4, 0.5) is 18.9 Å². The summed E-state index contributed by atoms with van der Waals surface area (Å²) in [6, 6.07) is 6.98. The van der Waals surface area contributed by atoms with E-state index in [1.165, 1.54) is 12.1 Å². The molecule has 2 aromatic rings. The minimum atomic E-state index is -1.22. The highest BCUT2D eigenvalue weighted by molar-refractivity contribution is 6.45. The van der Waals surface area contributed by atoms with Crippen LogP contribution in [0.5, 0.6) is 0 Å². The molecule has 0 saturated heterocycles. The van der Waals surface area contributed by atoms with E-state index in [0.717, 1.165) is 24.3 Å². The standard InChI is InChI=1S/C16H10F3NO3/c17-10-3-1-9(2-4-10)14(21)8-15(22)16(23)20-13-6-5-11(18)7-12(13)19/h1-8,21H,(H,20,23). The fraction of sp³-hybridized carbons (Fsp3) is 0. The van der Waals surface area contributed by atoms with Gasteiger partial charge in [-0.25, -0.2) is 13.2 Å². The zero-order valence-electron chi connectivity index (χ0n) is 11.5. The Balaban J connectivity index is 2.11. The summed E-state index contributed by atoms with van der Waals surface area (Å²) in [5.41, 5.74) is -0.250. The summed E-state index contributed by atoms with van der Waals surface area (Å²) < 4.78 is 38.9. The Morgan fingerprint density at radius 3 is 2.17 bits per heavy atom. The van der Waals surface area contributed by atoms with Crippen LogP contribution in [0.2, 0.25) is 0 Å². The summed E-state index contributed by atoms with van der Waals surface area (Å²) in [6.07, 6.45) is 0.615. The number of ketones is 1. The number of aliphatic hydroxyl groups excluding tert-OH is 1. The van der Waals surface area contributed by atoms with Gasteiger partial charge in [0.15, 0.2) is 0 Å². The number of anilines is 1. The molecule has 1 amide bonds. The zero-order chi connectivity index (χ0) is 17.0. The lowest BCUT2D eigenvalue weighted by atomic mass is 10.1. The van der Waals surface area contributed by atoms with Gasteiger partial charge in [-0.2, -0.15) is 0 Å². The van der Waals surface area contributed by atoms with Crippen molar-refractivity contribution in [2.24, 2.45) is 0 Å². The van der Waals surface area contributed by atoms with Gasteiger partial charge in [-0.05, 0) is 36.4 Å². The minimum Gasteiger partial charge on any atom is -0.507 e. The lowest BCUT2D eigenvalue weighted by Gasteiger charge is -2.04. The van der Waals surface area contributed by atoms with Gasteiger partial charge >= 0.3 is 0 Å². The number of nitrogens with one attached hydrogen (secondary N) is 1. The predicted molar refractivity (Wildman–Crippen MR) is 77.0 cm³/mol. The van der Waals surface area contributed by atoms with Crippen LogP contribution >= 0.6 is 0 Å². The van der Waals surface area contributed by atoms with Crippen LogP contribution < -0.4 is 5.32 Å². The van der Waals surface area contributed by atoms with E-state index in [1.807, 2.05) is 5.32 Å². The van der Waals surface area contributed by atoms with E-state index in [2.05, 4.69) is 0 Å². The van der Waals surface area contributed by atoms with E-state index < -0.39 is 34.9 Å². The third-order valence-corrected chi connectivity index (χ3v) is 2.81. The predicted octanol–water partition coefficient (Wildman–Crippen LogP) is 3.21. The fourth-order valence-corrected chi connectivity index (χ4v) is 1.67. The topological polar surface area (TPSA) is 66.4 Å². The number of rotatable bonds is 4. The number of benzene rings is 2. The molecule has 0 spiro atoms. The summed E-state index contributed by atoms with van der Waals surface area (Å²) in [5.74, 6) is -5.33. The molecule has 0 radical (unpaired) electrons. The number of hydrogen-bond donors (Lipinski definition) is 2. The van der Waals surface area contributed by atoms with Crippen molar-refractivity contribution in [2.45, 2.75) is 0 Å². The van der Waals surface area contributed by atoms with Crippen LogP contribution in [0.25, 0.3) is 5.76 Å². The second-order valence-electron chi connectivity index (χ2n) is 4.48. The lowest BCUT2D eigenvalue weighted by molar-refractivity contribution is -0.132. The molecule has 4 nitrogen and oxygen atoms in total. The number of hydrogen-bond acceptors (Lipinski definition) is 3. The second-order valence-corrected chi connectivity index (χ2v) is 4.48. The van der Waals surface area contributed by atoms with Crippen molar-refractivity contribution in [1.29, 1.82) is 0 Å². The average molecular weight is 321 g/mol. The number of carbonyl (C=O) groups is 2. The second kappa shape index (κ2) is 6.78. The van der Waals surface area contributed by atoms with Crippen LogP contribution in [0.15, 0.2) is 48.5 Å². The van der Waals surface area contributed by atoms with Crippen molar-refractivity contribution >= 4 is 23.1 Å². The van der Waals surface area contributed by atoms with E-state index >= 15 is 0 Å². The van der Waals surface area contributed by atoms with Gasteiger partial charge < -0.3 is 10.4 Å². The Hall–Kier alpha value is -3.09. The summed E-state index contributed by atoms with van der Waals surface area (Å²) >= 11 is 0. The molecule has 2 aromatic carbocycles. The molecule has 118 valence electrons. The molecule has 0 bridgehead atoms. The first-order chi connectivity index (χ1) is 10.9. The molecule has 0 aliphatic heterocycles. The summed E-state index contributed by atoms with van der Waals surface area (Å²) in [5, 5.41) is 11.7. The maximum Gasteiger partial charge on any atom is 0.296 e. The van der Waals surface area contributed by atoms with Crippen LogP contribution in [-0.2, 0) is 9.59 Å². The lowest BCUT2D eigenvalue weighted by Crippen LogP contribution is -2.21. The van der Waals surface area contributed by atoms with Gasteiger partial charge in [0.05, 0.1) is 5.69 Å². The van der Waals surface area contributed by atoms with Crippen LogP contribution in [0.3, 0.4) is 0 Å². The van der Waals surface area contributed by atoms with E-state index in [4.69, 9.17) is 0 Å². The number of aliphatic hydroxyl groups is 1. The van der Waals surface area contributed by atoms with Crippen molar-refractivity contribution in [1.82, 2.24) is 0 Å². The van der Waals surface area contributed by atoms with E-state index in [9.17, 15) is 27.9 Å². The number of carbonyl (C=O) groups excluding carboxylic acids is 2. The molecule has 23 heavy (non-hydrogen) atoms. The smallest absolute Gasteiger partial charge is 0.296 e. The SMILES string of the molecule is O=C(C=C(O)c1ccc(F)cc1)C(=O)Nc1ccc(F)cc1F. The summed E-state index contributed by atoms with van der Waals surface area (Å²) in [4.78, 5) is 23.3. The molecule has 2 rings (SSSR count). The average Bonchev–Trinajstić information content (AvgIpc) is 2.50. The molecule has 0 unspecified atom stereocenters. The fourth-order valence-electron chi connectivity index (χ4n) is 1.67. The maximum absolute atomic E-state index is 13.4. The van der Waals surface area contributed by atoms with Gasteiger partial charge in [0.25, 0.3) is 5.91 Å². The molecule has 0 aliphatic rings. The highest BCUT2D eigenvalue weighted by atomic mass is 19.1. The molecule has 0 aromatic heterocycles. The van der Waals surface area contributed by atoms with Crippen LogP contribution in [0, 0.1) is 17.5 Å². The van der Waals surface area contributed by atoms with E-state index in [1.54, 1.807) is 0 Å². The molecule has 7 heteroatoms. The summed E-state index contributed by atoms with van der Waals surface area (Å²) in [7, 11) is 0. The van der Waals surface area contributed by atoms with Gasteiger partial charge in [-0.3, -0.25) is 9.59 Å². The van der Waals surface area contributed by atoms with Crippen LogP contribution in [-0.4, -0.2) is 16.8 Å². The Labute approximate surface area is 128 Å². The number of halogens is 3. The highest BCUT2D eigenvalue weighted by Crippen LogP contribution is 2.16. The third-order valence-electron chi connectivity index (χ3n) is 2.81. The highest BCUT2D eigenvalue weighted by Gasteiger charge is 2.15. The number of amides is 1. The van der Waals surface area contributed by atoms with Gasteiger partial charge in [0.1, 0.15) is 23.2 Å². The molecular weight excluding hydrogens is 311 g/mol. The molecule has 0 aliphatic carbocycles. The first kappa shape index (κ1) is 16.3. The Bertz CT molecular complexity index is 786. The quantitative estimate of drug-likeness (QED) is 0.516. The van der Waals surface area contributed by atoms with Crippen molar-refractivity contribution < 1.29 is 27.9 Å². The molecule has 0 heterocycles.